The molecular weight excluding hydrogens is 336 g/mol. The Labute approximate surface area is 152 Å². The molecule has 0 spiro atoms. The van der Waals surface area contributed by atoms with Crippen LogP contribution in [-0.4, -0.2) is 22.2 Å². The highest BCUT2D eigenvalue weighted by Gasteiger charge is 2.20. The second-order valence-corrected chi connectivity index (χ2v) is 6.38. The van der Waals surface area contributed by atoms with Crippen LogP contribution < -0.4 is 5.32 Å². The monoisotopic (exact) mass is 356 g/mol. The van der Waals surface area contributed by atoms with Gasteiger partial charge in [0.15, 0.2) is 0 Å². The molecule has 0 aliphatic rings. The molecule has 0 aliphatic heterocycles. The predicted molar refractivity (Wildman–Crippen MR) is 101 cm³/mol. The molecule has 0 radical (unpaired) electrons. The minimum absolute atomic E-state index is 0.377. The lowest BCUT2D eigenvalue weighted by atomic mass is 10.1. The van der Waals surface area contributed by atoms with Crippen molar-refractivity contribution in [3.8, 4) is 0 Å². The maximum Gasteiger partial charge on any atom is 0.352 e. The van der Waals surface area contributed by atoms with Crippen molar-refractivity contribution in [2.45, 2.75) is 26.4 Å². The SMILES string of the molecule is CCn1c(C(=O)O)c(CNCCc2ccc(Cl)cc2)c2ccccc21. The van der Waals surface area contributed by atoms with Crippen LogP contribution in [0, 0.1) is 0 Å². The number of nitrogens with zero attached hydrogens (tertiary/aromatic N) is 1. The van der Waals surface area contributed by atoms with Gasteiger partial charge in [0.05, 0.1) is 0 Å². The van der Waals surface area contributed by atoms with E-state index in [-0.39, 0.29) is 0 Å². The van der Waals surface area contributed by atoms with E-state index in [4.69, 9.17) is 11.6 Å². The first-order valence-corrected chi connectivity index (χ1v) is 8.78. The average molecular weight is 357 g/mol. The standard InChI is InChI=1S/C20H21ClN2O2/c1-2-23-18-6-4-3-5-16(18)17(19(23)20(24)25)13-22-12-11-14-7-9-15(21)10-8-14/h3-10,22H,2,11-13H2,1H3,(H,24,25). The summed E-state index contributed by atoms with van der Waals surface area (Å²) in [5.41, 5.74) is 3.40. The second-order valence-electron chi connectivity index (χ2n) is 5.95. The van der Waals surface area contributed by atoms with Crippen LogP contribution >= 0.6 is 11.6 Å². The third-order valence-corrected chi connectivity index (χ3v) is 4.65. The number of rotatable bonds is 7. The summed E-state index contributed by atoms with van der Waals surface area (Å²) in [6.45, 7) is 3.90. The molecule has 1 aromatic heterocycles. The zero-order valence-corrected chi connectivity index (χ0v) is 14.9. The lowest BCUT2D eigenvalue weighted by Gasteiger charge is -2.07. The average Bonchev–Trinajstić information content (AvgIpc) is 2.94. The lowest BCUT2D eigenvalue weighted by Crippen LogP contribution is -2.19. The Morgan fingerprint density at radius 1 is 1.16 bits per heavy atom. The number of fused-ring (bicyclic) bond motifs is 1. The number of aromatic nitrogens is 1. The Hall–Kier alpha value is -2.30. The van der Waals surface area contributed by atoms with Gasteiger partial charge in [0, 0.05) is 34.6 Å². The molecule has 3 rings (SSSR count). The lowest BCUT2D eigenvalue weighted by molar-refractivity contribution is 0.0684. The van der Waals surface area contributed by atoms with Gasteiger partial charge < -0.3 is 15.0 Å². The summed E-state index contributed by atoms with van der Waals surface area (Å²) in [5, 5.41) is 14.8. The van der Waals surface area contributed by atoms with Crippen LogP contribution in [0.1, 0.15) is 28.5 Å². The molecule has 3 aromatic rings. The smallest absolute Gasteiger partial charge is 0.352 e. The van der Waals surface area contributed by atoms with E-state index in [9.17, 15) is 9.90 Å². The number of para-hydroxylation sites is 1. The van der Waals surface area contributed by atoms with Gasteiger partial charge in [0.2, 0.25) is 0 Å². The molecule has 0 saturated heterocycles. The molecule has 130 valence electrons. The van der Waals surface area contributed by atoms with Gasteiger partial charge in [0.1, 0.15) is 5.69 Å². The Kier molecular flexibility index (Phi) is 5.41. The van der Waals surface area contributed by atoms with Gasteiger partial charge in [0.25, 0.3) is 0 Å². The van der Waals surface area contributed by atoms with Crippen molar-refractivity contribution < 1.29 is 9.90 Å². The number of nitrogens with one attached hydrogen (secondary N) is 1. The quantitative estimate of drug-likeness (QED) is 0.619. The Balaban J connectivity index is 1.77. The number of carboxylic acids is 1. The third kappa shape index (κ3) is 3.70. The van der Waals surface area contributed by atoms with E-state index in [0.717, 1.165) is 34.5 Å². The number of carboxylic acid groups (broad SMARTS) is 1. The number of hydrogen-bond donors (Lipinski definition) is 2. The van der Waals surface area contributed by atoms with Crippen LogP contribution in [0.2, 0.25) is 5.02 Å². The van der Waals surface area contributed by atoms with E-state index in [1.807, 2.05) is 60.0 Å². The molecule has 0 fully saturated rings. The molecule has 0 bridgehead atoms. The fourth-order valence-electron chi connectivity index (χ4n) is 3.22. The van der Waals surface area contributed by atoms with Crippen molar-refractivity contribution in [1.29, 1.82) is 0 Å². The molecule has 5 heteroatoms. The van der Waals surface area contributed by atoms with Crippen molar-refractivity contribution in [2.24, 2.45) is 0 Å². The molecule has 25 heavy (non-hydrogen) atoms. The van der Waals surface area contributed by atoms with E-state index in [2.05, 4.69) is 5.32 Å². The van der Waals surface area contributed by atoms with E-state index < -0.39 is 5.97 Å². The Morgan fingerprint density at radius 3 is 2.56 bits per heavy atom. The van der Waals surface area contributed by atoms with Crippen molar-refractivity contribution in [3.05, 3.63) is 70.4 Å². The number of benzene rings is 2. The van der Waals surface area contributed by atoms with Gasteiger partial charge in [-0.2, -0.15) is 0 Å². The summed E-state index contributed by atoms with van der Waals surface area (Å²) in [7, 11) is 0. The van der Waals surface area contributed by atoms with Crippen molar-refractivity contribution in [2.75, 3.05) is 6.54 Å². The zero-order chi connectivity index (χ0) is 17.8. The Morgan fingerprint density at radius 2 is 1.88 bits per heavy atom. The fraction of sp³-hybridized carbons (Fsp3) is 0.250. The summed E-state index contributed by atoms with van der Waals surface area (Å²) >= 11 is 5.90. The molecule has 0 atom stereocenters. The predicted octanol–water partition coefficient (Wildman–Crippen LogP) is 4.35. The van der Waals surface area contributed by atoms with E-state index in [1.54, 1.807) is 0 Å². The highest BCUT2D eigenvalue weighted by atomic mass is 35.5. The summed E-state index contributed by atoms with van der Waals surface area (Å²) < 4.78 is 1.87. The molecule has 0 aliphatic carbocycles. The largest absolute Gasteiger partial charge is 0.477 e. The number of aryl methyl sites for hydroxylation is 1. The first-order valence-electron chi connectivity index (χ1n) is 8.40. The first-order chi connectivity index (χ1) is 12.1. The van der Waals surface area contributed by atoms with Gasteiger partial charge >= 0.3 is 5.97 Å². The van der Waals surface area contributed by atoms with E-state index in [1.165, 1.54) is 5.56 Å². The number of halogens is 1. The summed E-state index contributed by atoms with van der Waals surface area (Å²) in [4.78, 5) is 11.8. The third-order valence-electron chi connectivity index (χ3n) is 4.40. The molecule has 0 unspecified atom stereocenters. The number of aromatic carboxylic acids is 1. The normalized spacial score (nSPS) is 11.1. The van der Waals surface area contributed by atoms with Crippen LogP contribution in [0.25, 0.3) is 10.9 Å². The maximum atomic E-state index is 11.8. The summed E-state index contributed by atoms with van der Waals surface area (Å²) in [5.74, 6) is -0.882. The fourth-order valence-corrected chi connectivity index (χ4v) is 3.35. The topological polar surface area (TPSA) is 54.3 Å². The molecule has 4 nitrogen and oxygen atoms in total. The molecule has 2 aromatic carbocycles. The minimum Gasteiger partial charge on any atom is -0.477 e. The molecule has 1 heterocycles. The van der Waals surface area contributed by atoms with Gasteiger partial charge in [-0.3, -0.25) is 0 Å². The van der Waals surface area contributed by atoms with Crippen LogP contribution in [-0.2, 0) is 19.5 Å². The highest BCUT2D eigenvalue weighted by Crippen LogP contribution is 2.26. The summed E-state index contributed by atoms with van der Waals surface area (Å²) in [6.07, 6.45) is 0.867. The minimum atomic E-state index is -0.882. The Bertz CT molecular complexity index is 885. The van der Waals surface area contributed by atoms with E-state index in [0.29, 0.717) is 18.8 Å². The molecular formula is C20H21ClN2O2. The van der Waals surface area contributed by atoms with Gasteiger partial charge in [-0.1, -0.05) is 41.9 Å². The van der Waals surface area contributed by atoms with Crippen LogP contribution in [0.3, 0.4) is 0 Å². The van der Waals surface area contributed by atoms with Gasteiger partial charge in [-0.15, -0.1) is 0 Å². The highest BCUT2D eigenvalue weighted by molar-refractivity contribution is 6.30. The zero-order valence-electron chi connectivity index (χ0n) is 14.1. The number of carbonyl (C=O) groups is 1. The summed E-state index contributed by atoms with van der Waals surface area (Å²) in [6, 6.07) is 15.6. The maximum absolute atomic E-state index is 11.8. The van der Waals surface area contributed by atoms with E-state index >= 15 is 0 Å². The second kappa shape index (κ2) is 7.72. The van der Waals surface area contributed by atoms with Crippen LogP contribution in [0.15, 0.2) is 48.5 Å². The molecule has 0 saturated carbocycles. The van der Waals surface area contributed by atoms with Gasteiger partial charge in [-0.25, -0.2) is 4.79 Å². The van der Waals surface area contributed by atoms with Gasteiger partial charge in [-0.05, 0) is 43.7 Å². The number of hydrogen-bond acceptors (Lipinski definition) is 2. The van der Waals surface area contributed by atoms with Crippen molar-refractivity contribution >= 4 is 28.5 Å². The van der Waals surface area contributed by atoms with Crippen molar-refractivity contribution in [3.63, 3.8) is 0 Å². The first kappa shape index (κ1) is 17.5. The van der Waals surface area contributed by atoms with Crippen molar-refractivity contribution in [1.82, 2.24) is 9.88 Å². The molecule has 0 amide bonds. The van der Waals surface area contributed by atoms with Crippen LogP contribution in [0.4, 0.5) is 0 Å². The molecule has 2 N–H and O–H groups in total. The van der Waals surface area contributed by atoms with Crippen LogP contribution in [0.5, 0.6) is 0 Å².